The maximum absolute atomic E-state index is 16.9. The average Bonchev–Trinajstić information content (AvgIpc) is 3.37. The lowest BCUT2D eigenvalue weighted by molar-refractivity contribution is -0.219. The molecule has 0 bridgehead atoms. The van der Waals surface area contributed by atoms with Crippen LogP contribution in [0, 0.1) is 46.3 Å². The van der Waals surface area contributed by atoms with Crippen molar-refractivity contribution in [1.29, 1.82) is 0 Å². The molecule has 2 aromatic carbocycles. The maximum atomic E-state index is 16.9. The molecule has 0 aliphatic heterocycles. The van der Waals surface area contributed by atoms with Crippen LogP contribution in [0.1, 0.15) is 91.0 Å². The molecule has 0 heterocycles. The smallest absolute Gasteiger partial charge is 0.303 e. The molecule has 44 heavy (non-hydrogen) atoms. The highest BCUT2D eigenvalue weighted by molar-refractivity contribution is 5.67. The van der Waals surface area contributed by atoms with Gasteiger partial charge in [0.25, 0.3) is 0 Å². The van der Waals surface area contributed by atoms with E-state index in [0.29, 0.717) is 36.7 Å². The van der Waals surface area contributed by atoms with Crippen molar-refractivity contribution in [1.82, 2.24) is 0 Å². The van der Waals surface area contributed by atoms with Gasteiger partial charge in [0.05, 0.1) is 0 Å². The summed E-state index contributed by atoms with van der Waals surface area (Å²) in [4.78, 5) is 23.8. The lowest BCUT2D eigenvalue weighted by Crippen LogP contribution is -2.63. The number of fused-ring (bicyclic) bond motifs is 5. The summed E-state index contributed by atoms with van der Waals surface area (Å²) in [5.41, 5.74) is 0.738. The largest absolute Gasteiger partial charge is 0.481 e. The van der Waals surface area contributed by atoms with Gasteiger partial charge < -0.3 is 14.9 Å². The van der Waals surface area contributed by atoms with Gasteiger partial charge in [-0.2, -0.15) is 0 Å². The van der Waals surface area contributed by atoms with Gasteiger partial charge in [-0.3, -0.25) is 9.59 Å². The third kappa shape index (κ3) is 5.00. The Bertz CT molecular complexity index is 1360. The number of alkyl halides is 1. The van der Waals surface area contributed by atoms with Crippen LogP contribution < -0.4 is 0 Å². The summed E-state index contributed by atoms with van der Waals surface area (Å²) in [5, 5.41) is 21.3. The number of ether oxygens (including phenoxy) is 1. The van der Waals surface area contributed by atoms with Crippen LogP contribution in [-0.4, -0.2) is 34.4 Å². The Balaban J connectivity index is 1.26. The van der Waals surface area contributed by atoms with Gasteiger partial charge in [0.1, 0.15) is 17.9 Å². The maximum Gasteiger partial charge on any atom is 0.303 e. The number of carbonyl (C=O) groups excluding carboxylic acids is 1. The minimum Gasteiger partial charge on any atom is -0.481 e. The van der Waals surface area contributed by atoms with Crippen molar-refractivity contribution in [2.45, 2.75) is 103 Å². The molecule has 5 nitrogen and oxygen atoms in total. The topological polar surface area (TPSA) is 83.8 Å². The van der Waals surface area contributed by atoms with Crippen molar-refractivity contribution in [3.05, 3.63) is 60.2 Å². The fourth-order valence-electron chi connectivity index (χ4n) is 11.0. The van der Waals surface area contributed by atoms with E-state index in [1.807, 2.05) is 54.6 Å². The molecule has 0 saturated heterocycles. The first-order chi connectivity index (χ1) is 20.9. The molecule has 2 aromatic rings. The molecule has 0 aromatic heterocycles. The second kappa shape index (κ2) is 11.6. The molecule has 4 saturated carbocycles. The number of esters is 1. The molecule has 4 aliphatic rings. The fraction of sp³-hybridized carbons (Fsp3) is 0.632. The van der Waals surface area contributed by atoms with E-state index in [9.17, 15) is 19.8 Å². The molecule has 4 fully saturated rings. The van der Waals surface area contributed by atoms with Crippen molar-refractivity contribution < 1.29 is 28.9 Å². The van der Waals surface area contributed by atoms with Crippen LogP contribution in [0.2, 0.25) is 0 Å². The Kier molecular flexibility index (Phi) is 8.22. The number of carbonyl (C=O) groups is 2. The van der Waals surface area contributed by atoms with Crippen LogP contribution >= 0.6 is 0 Å². The number of aliphatic hydroxyl groups is 1. The first-order valence-corrected chi connectivity index (χ1v) is 16.8. The normalized spacial score (nSPS) is 40.3. The summed E-state index contributed by atoms with van der Waals surface area (Å²) >= 11 is 0. The zero-order chi connectivity index (χ0) is 31.4. The highest BCUT2D eigenvalue weighted by Crippen LogP contribution is 2.70. The van der Waals surface area contributed by atoms with Crippen LogP contribution in [0.5, 0.6) is 0 Å². The molecular weight excluding hydrogens is 555 g/mol. The summed E-state index contributed by atoms with van der Waals surface area (Å²) in [6.07, 6.45) is 4.63. The lowest BCUT2D eigenvalue weighted by Gasteiger charge is -2.64. The zero-order valence-electron chi connectivity index (χ0n) is 26.7. The van der Waals surface area contributed by atoms with Gasteiger partial charge in [-0.25, -0.2) is 4.39 Å². The predicted octanol–water partition coefficient (Wildman–Crippen LogP) is 8.19. The third-order valence-corrected chi connectivity index (χ3v) is 13.2. The van der Waals surface area contributed by atoms with E-state index in [1.54, 1.807) is 0 Å². The molecular formula is C38H49FO5. The van der Waals surface area contributed by atoms with Gasteiger partial charge in [-0.05, 0) is 109 Å². The monoisotopic (exact) mass is 604 g/mol. The predicted molar refractivity (Wildman–Crippen MR) is 168 cm³/mol. The van der Waals surface area contributed by atoms with Gasteiger partial charge in [-0.15, -0.1) is 0 Å². The number of carboxylic acid groups (broad SMARTS) is 1. The van der Waals surface area contributed by atoms with Crippen molar-refractivity contribution in [3.8, 4) is 11.1 Å². The van der Waals surface area contributed by atoms with E-state index >= 15 is 4.39 Å². The minimum absolute atomic E-state index is 0.151. The minimum atomic E-state index is -1.53. The molecule has 0 spiro atoms. The number of rotatable bonds is 7. The molecule has 6 rings (SSSR count). The number of aliphatic carboxylic acids is 1. The number of hydrogen-bond donors (Lipinski definition) is 2. The number of hydrogen-bond acceptors (Lipinski definition) is 4. The van der Waals surface area contributed by atoms with Crippen molar-refractivity contribution in [3.63, 3.8) is 0 Å². The molecule has 238 valence electrons. The quantitative estimate of drug-likeness (QED) is 0.311. The van der Waals surface area contributed by atoms with Gasteiger partial charge in [0.2, 0.25) is 0 Å². The van der Waals surface area contributed by atoms with Gasteiger partial charge in [0.15, 0.2) is 0 Å². The Morgan fingerprint density at radius 1 is 0.932 bits per heavy atom. The second-order valence-corrected chi connectivity index (χ2v) is 15.1. The zero-order valence-corrected chi connectivity index (χ0v) is 26.7. The third-order valence-electron chi connectivity index (χ3n) is 13.2. The lowest BCUT2D eigenvalue weighted by atomic mass is 9.42. The first-order valence-electron chi connectivity index (χ1n) is 16.8. The Morgan fingerprint density at radius 2 is 1.59 bits per heavy atom. The van der Waals surface area contributed by atoms with Crippen molar-refractivity contribution in [2.24, 2.45) is 46.3 Å². The summed E-state index contributed by atoms with van der Waals surface area (Å²) < 4.78 is 23.0. The van der Waals surface area contributed by atoms with E-state index < -0.39 is 17.7 Å². The van der Waals surface area contributed by atoms with E-state index in [0.717, 1.165) is 43.2 Å². The highest BCUT2D eigenvalue weighted by Gasteiger charge is 2.67. The summed E-state index contributed by atoms with van der Waals surface area (Å²) in [6, 6.07) is 17.8. The number of carboxylic acids is 1. The number of benzene rings is 2. The van der Waals surface area contributed by atoms with Gasteiger partial charge in [-0.1, -0.05) is 75.4 Å². The second-order valence-electron chi connectivity index (χ2n) is 15.1. The summed E-state index contributed by atoms with van der Waals surface area (Å²) in [6.45, 7) is 8.18. The molecule has 4 aliphatic carbocycles. The van der Waals surface area contributed by atoms with E-state index in [1.165, 1.54) is 6.92 Å². The fourth-order valence-corrected chi connectivity index (χ4v) is 11.0. The Hall–Kier alpha value is -2.73. The molecule has 2 N–H and O–H groups in total. The van der Waals surface area contributed by atoms with Crippen LogP contribution in [0.25, 0.3) is 11.1 Å². The Morgan fingerprint density at radius 3 is 2.25 bits per heavy atom. The average molecular weight is 605 g/mol. The Labute approximate surface area is 261 Å². The van der Waals surface area contributed by atoms with Crippen LogP contribution in [0.4, 0.5) is 4.39 Å². The van der Waals surface area contributed by atoms with Gasteiger partial charge in [0, 0.05) is 18.8 Å². The highest BCUT2D eigenvalue weighted by atomic mass is 19.1. The van der Waals surface area contributed by atoms with Crippen LogP contribution in [0.15, 0.2) is 54.6 Å². The van der Waals surface area contributed by atoms with E-state index in [-0.39, 0.29) is 53.0 Å². The standard InChI is InChI=1S/C38H49FO5/c1-23(10-19-34(41)42)29-17-18-30-28-15-16-31-35(39)38(43,27-13-11-26(12-14-27)25-8-6-5-7-9-25)21-20-36(31,3)32(28)22-33(37(29,30)4)44-24(2)40/h5-9,11-14,23,28-33,35,43H,10,15-22H2,1-4H3,(H,41,42)/t23-,28+,29-,30+,31-,32+,33+,35?,36+,37-,38-/m1/s1. The molecule has 0 radical (unpaired) electrons. The van der Waals surface area contributed by atoms with Crippen molar-refractivity contribution >= 4 is 11.9 Å². The molecule has 11 atom stereocenters. The number of halogens is 1. The van der Waals surface area contributed by atoms with E-state index in [4.69, 9.17) is 4.74 Å². The summed E-state index contributed by atoms with van der Waals surface area (Å²) in [5.74, 6) is 0.148. The van der Waals surface area contributed by atoms with Crippen LogP contribution in [-0.2, 0) is 19.9 Å². The SMILES string of the molecule is CC(=O)O[C@H]1C[C@H]2[C@@H](CC[C@@H]3C(F)[C@](O)(c4ccc(-c5ccccc5)cc4)CC[C@@]32C)[C@@H]2CC[C@H]([C@H](C)CCC(=O)O)[C@@]12C. The summed E-state index contributed by atoms with van der Waals surface area (Å²) in [7, 11) is 0. The van der Waals surface area contributed by atoms with Crippen LogP contribution in [0.3, 0.4) is 0 Å². The van der Waals surface area contributed by atoms with Gasteiger partial charge >= 0.3 is 11.9 Å². The molecule has 1 unspecified atom stereocenters. The molecule has 0 amide bonds. The van der Waals surface area contributed by atoms with Crippen molar-refractivity contribution in [2.75, 3.05) is 0 Å². The molecule has 6 heteroatoms. The first kappa shape index (κ1) is 31.3. The van der Waals surface area contributed by atoms with E-state index in [2.05, 4.69) is 20.8 Å².